The largest absolute Gasteiger partial charge is 0.342 e. The number of nitrogens with zero attached hydrogens (tertiary/aromatic N) is 3. The van der Waals surface area contributed by atoms with E-state index in [4.69, 9.17) is 11.6 Å². The molecule has 2 aliphatic carbocycles. The van der Waals surface area contributed by atoms with Gasteiger partial charge in [0.05, 0.1) is 6.54 Å². The number of hydrogen-bond donors (Lipinski definition) is 1. The van der Waals surface area contributed by atoms with E-state index in [0.29, 0.717) is 42.5 Å². The summed E-state index contributed by atoms with van der Waals surface area (Å²) in [6.45, 7) is 1.12. The van der Waals surface area contributed by atoms with Gasteiger partial charge >= 0.3 is 10.2 Å². The van der Waals surface area contributed by atoms with Gasteiger partial charge in [-0.3, -0.25) is 9.59 Å². The van der Waals surface area contributed by atoms with E-state index >= 15 is 0 Å². The molecule has 2 aromatic rings. The molecule has 10 heteroatoms. The number of amides is 2. The zero-order chi connectivity index (χ0) is 28.9. The fourth-order valence-corrected chi connectivity index (χ4v) is 8.05. The summed E-state index contributed by atoms with van der Waals surface area (Å²) >= 11 is 6.60. The Morgan fingerprint density at radius 3 is 2.51 bits per heavy atom. The molecule has 1 aromatic heterocycles. The van der Waals surface area contributed by atoms with Crippen LogP contribution in [0.25, 0.3) is 10.9 Å². The lowest BCUT2D eigenvalue weighted by molar-refractivity contribution is -0.126. The van der Waals surface area contributed by atoms with Crippen LogP contribution in [0.2, 0.25) is 0 Å². The molecule has 6 rings (SSSR count). The smallest absolute Gasteiger partial charge is 0.303 e. The summed E-state index contributed by atoms with van der Waals surface area (Å²) in [5, 5.41) is 1.73. The number of likely N-dealkylation sites (N-methyl/N-ethyl adjacent to an activating group) is 1. The van der Waals surface area contributed by atoms with Crippen LogP contribution >= 0.6 is 11.6 Å². The summed E-state index contributed by atoms with van der Waals surface area (Å²) in [5.74, 6) is -0.415. The van der Waals surface area contributed by atoms with Crippen molar-refractivity contribution in [3.63, 3.8) is 0 Å². The molecule has 4 aliphatic rings. The predicted molar refractivity (Wildman–Crippen MR) is 161 cm³/mol. The standard InChI is InChI=1S/C31H37ClN4O4S/c1-34-14-6-7-15-35(2)41(39,40)33-30(37)22-11-13-25-27(17-22)36-19-23(31(34)38)16-21-10-12-24(32)18-26(21)29(36)28(25)20-8-4-3-5-9-20/h10-13,16-18,20-21,26H,3-9,14-15,19H2,1-2H3,(H,33,37). The molecule has 0 spiro atoms. The van der Waals surface area contributed by atoms with Crippen LogP contribution in [0, 0.1) is 5.92 Å². The molecular weight excluding hydrogens is 560 g/mol. The number of nitrogens with one attached hydrogen (secondary N) is 1. The van der Waals surface area contributed by atoms with Crippen molar-refractivity contribution >= 4 is 44.5 Å². The van der Waals surface area contributed by atoms with Gasteiger partial charge in [0.2, 0.25) is 0 Å². The van der Waals surface area contributed by atoms with Gasteiger partial charge in [0, 0.05) is 71.8 Å². The number of carbonyl (C=O) groups excluding carboxylic acids is 2. The Bertz CT molecular complexity index is 1600. The first kappa shape index (κ1) is 28.2. The predicted octanol–water partition coefficient (Wildman–Crippen LogP) is 5.18. The van der Waals surface area contributed by atoms with Gasteiger partial charge in [-0.05, 0) is 55.4 Å². The Morgan fingerprint density at radius 1 is 0.976 bits per heavy atom. The van der Waals surface area contributed by atoms with Gasteiger partial charge in [-0.2, -0.15) is 12.7 Å². The first-order valence-electron chi connectivity index (χ1n) is 14.6. The number of carbonyl (C=O) groups is 2. The maximum atomic E-state index is 13.9. The minimum absolute atomic E-state index is 0.0265. The lowest BCUT2D eigenvalue weighted by Gasteiger charge is -2.28. The van der Waals surface area contributed by atoms with Crippen LogP contribution in [0.15, 0.2) is 53.1 Å². The van der Waals surface area contributed by atoms with E-state index in [1.165, 1.54) is 31.9 Å². The highest BCUT2D eigenvalue weighted by atomic mass is 35.5. The van der Waals surface area contributed by atoms with Crippen molar-refractivity contribution in [3.8, 4) is 0 Å². The summed E-state index contributed by atoms with van der Waals surface area (Å²) in [4.78, 5) is 28.9. The second-order valence-corrected chi connectivity index (χ2v) is 14.1. The molecular formula is C31H37ClN4O4S. The molecule has 2 amide bonds. The summed E-state index contributed by atoms with van der Waals surface area (Å²) in [7, 11) is -0.743. The Balaban J connectivity index is 1.59. The van der Waals surface area contributed by atoms with E-state index in [1.807, 2.05) is 19.2 Å². The first-order chi connectivity index (χ1) is 19.6. The third kappa shape index (κ3) is 5.28. The molecule has 1 aromatic carbocycles. The van der Waals surface area contributed by atoms with Crippen molar-refractivity contribution in [2.24, 2.45) is 5.92 Å². The Hall–Kier alpha value is -2.88. The number of allylic oxidation sites excluding steroid dienone is 5. The second-order valence-electron chi connectivity index (χ2n) is 11.8. The molecule has 1 N–H and O–H groups in total. The molecule has 0 radical (unpaired) electrons. The van der Waals surface area contributed by atoms with Crippen LogP contribution in [0.3, 0.4) is 0 Å². The number of benzene rings is 1. The van der Waals surface area contributed by atoms with Gasteiger partial charge in [0.1, 0.15) is 0 Å². The van der Waals surface area contributed by atoms with Crippen LogP contribution in [0.4, 0.5) is 0 Å². The second kappa shape index (κ2) is 11.1. The minimum atomic E-state index is -4.01. The molecule has 2 aliphatic heterocycles. The third-order valence-corrected chi connectivity index (χ3v) is 10.9. The Morgan fingerprint density at radius 2 is 1.73 bits per heavy atom. The number of fused-ring (bicyclic) bond motifs is 4. The molecule has 4 bridgehead atoms. The lowest BCUT2D eigenvalue weighted by Crippen LogP contribution is -2.42. The van der Waals surface area contributed by atoms with Crippen LogP contribution in [-0.2, 0) is 21.5 Å². The first-order valence-corrected chi connectivity index (χ1v) is 16.4. The molecule has 0 saturated heterocycles. The van der Waals surface area contributed by atoms with E-state index < -0.39 is 16.1 Å². The highest BCUT2D eigenvalue weighted by Gasteiger charge is 2.36. The number of rotatable bonds is 1. The van der Waals surface area contributed by atoms with E-state index in [-0.39, 0.29) is 29.9 Å². The maximum absolute atomic E-state index is 13.9. The number of aromatic nitrogens is 1. The van der Waals surface area contributed by atoms with Crippen LogP contribution in [0.5, 0.6) is 0 Å². The highest BCUT2D eigenvalue weighted by Crippen LogP contribution is 2.48. The van der Waals surface area contributed by atoms with E-state index in [2.05, 4.69) is 27.5 Å². The molecule has 8 nitrogen and oxygen atoms in total. The van der Waals surface area contributed by atoms with E-state index in [9.17, 15) is 18.0 Å². The highest BCUT2D eigenvalue weighted by molar-refractivity contribution is 7.87. The fraction of sp³-hybridized carbons (Fsp3) is 0.484. The zero-order valence-electron chi connectivity index (χ0n) is 23.6. The molecule has 2 unspecified atom stereocenters. The average Bonchev–Trinajstić information content (AvgIpc) is 3.18. The van der Waals surface area contributed by atoms with Crippen molar-refractivity contribution in [2.75, 3.05) is 27.2 Å². The van der Waals surface area contributed by atoms with Gasteiger partial charge in [-0.1, -0.05) is 55.2 Å². The monoisotopic (exact) mass is 596 g/mol. The summed E-state index contributed by atoms with van der Waals surface area (Å²) in [5.41, 5.74) is 4.24. The van der Waals surface area contributed by atoms with E-state index in [0.717, 1.165) is 33.7 Å². The van der Waals surface area contributed by atoms with Crippen LogP contribution in [-0.4, -0.2) is 61.2 Å². The molecule has 2 atom stereocenters. The van der Waals surface area contributed by atoms with Gasteiger partial charge < -0.3 is 9.47 Å². The van der Waals surface area contributed by atoms with Crippen LogP contribution < -0.4 is 4.72 Å². The minimum Gasteiger partial charge on any atom is -0.342 e. The van der Waals surface area contributed by atoms with Crippen molar-refractivity contribution in [1.82, 2.24) is 18.5 Å². The number of hydrogen-bond acceptors (Lipinski definition) is 4. The SMILES string of the molecule is CN1CCCCN(C)S(=O)(=O)NC(=O)c2ccc3c(C4CCCCC4)c4n(c3c2)CC(=CC2C=CC(Cl)=CC42)C1=O. The number of halogens is 1. The van der Waals surface area contributed by atoms with E-state index in [1.54, 1.807) is 17.0 Å². The van der Waals surface area contributed by atoms with Crippen molar-refractivity contribution in [3.05, 3.63) is 69.9 Å². The van der Waals surface area contributed by atoms with Crippen molar-refractivity contribution in [2.45, 2.75) is 63.3 Å². The van der Waals surface area contributed by atoms with Gasteiger partial charge in [-0.15, -0.1) is 0 Å². The summed E-state index contributed by atoms with van der Waals surface area (Å²) < 4.78 is 31.5. The maximum Gasteiger partial charge on any atom is 0.303 e. The summed E-state index contributed by atoms with van der Waals surface area (Å²) in [6, 6.07) is 5.48. The third-order valence-electron chi connectivity index (χ3n) is 9.16. The quantitative estimate of drug-likeness (QED) is 0.491. The zero-order valence-corrected chi connectivity index (χ0v) is 25.2. The van der Waals surface area contributed by atoms with Crippen molar-refractivity contribution in [1.29, 1.82) is 0 Å². The normalized spacial score (nSPS) is 26.1. The van der Waals surface area contributed by atoms with Gasteiger partial charge in [0.15, 0.2) is 0 Å². The fourth-order valence-electron chi connectivity index (χ4n) is 6.97. The van der Waals surface area contributed by atoms with Crippen LogP contribution in [0.1, 0.15) is 78.4 Å². The Kier molecular flexibility index (Phi) is 7.63. The molecule has 41 heavy (non-hydrogen) atoms. The topological polar surface area (TPSA) is 91.7 Å². The molecule has 3 heterocycles. The summed E-state index contributed by atoms with van der Waals surface area (Å²) in [6.07, 6.45) is 15.1. The molecule has 1 fully saturated rings. The van der Waals surface area contributed by atoms with Crippen molar-refractivity contribution < 1.29 is 18.0 Å². The van der Waals surface area contributed by atoms with Gasteiger partial charge in [-0.25, -0.2) is 4.72 Å². The Labute approximate surface area is 246 Å². The van der Waals surface area contributed by atoms with Gasteiger partial charge in [0.25, 0.3) is 11.8 Å². The lowest BCUT2D eigenvalue weighted by atomic mass is 9.77. The average molecular weight is 597 g/mol. The molecule has 1 saturated carbocycles. The molecule has 218 valence electrons.